The van der Waals surface area contributed by atoms with Gasteiger partial charge in [-0.3, -0.25) is 4.79 Å². The highest BCUT2D eigenvalue weighted by Crippen LogP contribution is 2.20. The highest BCUT2D eigenvalue weighted by molar-refractivity contribution is 5.97. The van der Waals surface area contributed by atoms with Crippen molar-refractivity contribution < 1.29 is 9.21 Å². The van der Waals surface area contributed by atoms with Gasteiger partial charge < -0.3 is 10.2 Å². The summed E-state index contributed by atoms with van der Waals surface area (Å²) in [5.41, 5.74) is 6.41. The maximum absolute atomic E-state index is 11.9. The second-order valence-electron chi connectivity index (χ2n) is 4.44. The fraction of sp³-hybridized carbons (Fsp3) is 0.357. The fourth-order valence-electron chi connectivity index (χ4n) is 1.83. The number of para-hydroxylation sites is 1. The quantitative estimate of drug-likeness (QED) is 0.804. The van der Waals surface area contributed by atoms with Gasteiger partial charge in [0.05, 0.1) is 0 Å². The van der Waals surface area contributed by atoms with Gasteiger partial charge in [-0.15, -0.1) is 0 Å². The molecule has 1 aromatic carbocycles. The Morgan fingerprint density at radius 3 is 2.88 bits per heavy atom. The third kappa shape index (κ3) is 2.94. The van der Waals surface area contributed by atoms with Crippen LogP contribution in [0.2, 0.25) is 0 Å². The SMILES string of the molecule is CC(N)CCCC(=O)c1cc2ccccc2o1. The molecule has 2 rings (SSSR count). The third-order valence-electron chi connectivity index (χ3n) is 2.76. The van der Waals surface area contributed by atoms with Gasteiger partial charge in [0.25, 0.3) is 0 Å². The first kappa shape index (κ1) is 11.9. The largest absolute Gasteiger partial charge is 0.453 e. The van der Waals surface area contributed by atoms with E-state index < -0.39 is 0 Å². The molecule has 3 heteroatoms. The molecule has 1 atom stereocenters. The smallest absolute Gasteiger partial charge is 0.198 e. The van der Waals surface area contributed by atoms with Crippen LogP contribution >= 0.6 is 0 Å². The van der Waals surface area contributed by atoms with Gasteiger partial charge in [0.2, 0.25) is 0 Å². The molecule has 0 saturated carbocycles. The summed E-state index contributed by atoms with van der Waals surface area (Å²) in [4.78, 5) is 11.9. The van der Waals surface area contributed by atoms with Crippen LogP contribution in [0.3, 0.4) is 0 Å². The Kier molecular flexibility index (Phi) is 3.59. The molecule has 3 nitrogen and oxygen atoms in total. The zero-order chi connectivity index (χ0) is 12.3. The molecule has 0 aliphatic rings. The Labute approximate surface area is 101 Å². The number of hydrogen-bond donors (Lipinski definition) is 1. The van der Waals surface area contributed by atoms with Crippen LogP contribution in [-0.2, 0) is 0 Å². The van der Waals surface area contributed by atoms with E-state index in [1.165, 1.54) is 0 Å². The summed E-state index contributed by atoms with van der Waals surface area (Å²) in [6, 6.07) is 9.60. The Bertz CT molecular complexity index is 481. The van der Waals surface area contributed by atoms with E-state index in [4.69, 9.17) is 10.2 Å². The van der Waals surface area contributed by atoms with Gasteiger partial charge in [-0.2, -0.15) is 0 Å². The molecule has 17 heavy (non-hydrogen) atoms. The van der Waals surface area contributed by atoms with Crippen molar-refractivity contribution in [3.8, 4) is 0 Å². The molecule has 0 spiro atoms. The maximum Gasteiger partial charge on any atom is 0.198 e. The van der Waals surface area contributed by atoms with Crippen molar-refractivity contribution >= 4 is 16.8 Å². The van der Waals surface area contributed by atoms with E-state index in [1.807, 2.05) is 37.3 Å². The summed E-state index contributed by atoms with van der Waals surface area (Å²) in [6.45, 7) is 1.95. The number of furan rings is 1. The predicted octanol–water partition coefficient (Wildman–Crippen LogP) is 3.13. The van der Waals surface area contributed by atoms with Crippen LogP contribution in [0.5, 0.6) is 0 Å². The Morgan fingerprint density at radius 1 is 1.41 bits per heavy atom. The molecule has 2 aromatic rings. The summed E-state index contributed by atoms with van der Waals surface area (Å²) in [6.07, 6.45) is 2.18. The molecule has 1 unspecified atom stereocenters. The predicted molar refractivity (Wildman–Crippen MR) is 68.0 cm³/mol. The van der Waals surface area contributed by atoms with E-state index >= 15 is 0 Å². The van der Waals surface area contributed by atoms with Crippen molar-refractivity contribution in [3.63, 3.8) is 0 Å². The van der Waals surface area contributed by atoms with Crippen molar-refractivity contribution in [2.24, 2.45) is 5.73 Å². The standard InChI is InChI=1S/C14H17NO2/c1-10(15)5-4-7-12(16)14-9-11-6-2-3-8-13(11)17-14/h2-3,6,8-10H,4-5,7,15H2,1H3. The van der Waals surface area contributed by atoms with Crippen LogP contribution in [0.25, 0.3) is 11.0 Å². The highest BCUT2D eigenvalue weighted by atomic mass is 16.3. The van der Waals surface area contributed by atoms with Crippen LogP contribution in [0.15, 0.2) is 34.7 Å². The van der Waals surface area contributed by atoms with E-state index in [0.717, 1.165) is 23.8 Å². The molecule has 1 heterocycles. The average molecular weight is 231 g/mol. The van der Waals surface area contributed by atoms with Gasteiger partial charge in [-0.05, 0) is 31.9 Å². The van der Waals surface area contributed by atoms with Crippen LogP contribution in [0.1, 0.15) is 36.7 Å². The lowest BCUT2D eigenvalue weighted by molar-refractivity contribution is 0.0954. The molecule has 1 aromatic heterocycles. The fourth-order valence-corrected chi connectivity index (χ4v) is 1.83. The number of benzene rings is 1. The molecule has 0 radical (unpaired) electrons. The zero-order valence-electron chi connectivity index (χ0n) is 9.98. The number of carbonyl (C=O) groups is 1. The second kappa shape index (κ2) is 5.15. The van der Waals surface area contributed by atoms with Crippen molar-refractivity contribution in [1.82, 2.24) is 0 Å². The first-order valence-corrected chi connectivity index (χ1v) is 5.94. The summed E-state index contributed by atoms with van der Waals surface area (Å²) in [5, 5.41) is 0.975. The van der Waals surface area contributed by atoms with E-state index in [-0.39, 0.29) is 11.8 Å². The normalized spacial score (nSPS) is 12.8. The summed E-state index contributed by atoms with van der Waals surface area (Å²) in [7, 11) is 0. The van der Waals surface area contributed by atoms with Crippen LogP contribution in [-0.4, -0.2) is 11.8 Å². The van der Waals surface area contributed by atoms with Crippen LogP contribution in [0, 0.1) is 0 Å². The van der Waals surface area contributed by atoms with E-state index in [2.05, 4.69) is 0 Å². The maximum atomic E-state index is 11.9. The number of rotatable bonds is 5. The molecule has 0 fully saturated rings. The lowest BCUT2D eigenvalue weighted by Gasteiger charge is -2.02. The van der Waals surface area contributed by atoms with E-state index in [1.54, 1.807) is 0 Å². The van der Waals surface area contributed by atoms with Gasteiger partial charge in [0, 0.05) is 17.8 Å². The first-order valence-electron chi connectivity index (χ1n) is 5.94. The highest BCUT2D eigenvalue weighted by Gasteiger charge is 2.11. The minimum atomic E-state index is 0.0573. The van der Waals surface area contributed by atoms with Crippen molar-refractivity contribution in [2.45, 2.75) is 32.2 Å². The molecule has 0 aliphatic heterocycles. The first-order chi connectivity index (χ1) is 8.16. The van der Waals surface area contributed by atoms with Crippen LogP contribution in [0.4, 0.5) is 0 Å². The van der Waals surface area contributed by atoms with E-state index in [9.17, 15) is 4.79 Å². The van der Waals surface area contributed by atoms with Gasteiger partial charge in [0.1, 0.15) is 5.58 Å². The monoisotopic (exact) mass is 231 g/mol. The molecule has 90 valence electrons. The number of carbonyl (C=O) groups excluding carboxylic acids is 1. The Hall–Kier alpha value is -1.61. The Balaban J connectivity index is 2.04. The molecule has 0 aliphatic carbocycles. The minimum absolute atomic E-state index is 0.0573. The number of nitrogens with two attached hydrogens (primary N) is 1. The number of hydrogen-bond acceptors (Lipinski definition) is 3. The molecular weight excluding hydrogens is 214 g/mol. The summed E-state index contributed by atoms with van der Waals surface area (Å²) < 4.78 is 5.51. The van der Waals surface area contributed by atoms with Crippen molar-refractivity contribution in [2.75, 3.05) is 0 Å². The Morgan fingerprint density at radius 2 is 2.18 bits per heavy atom. The lowest BCUT2D eigenvalue weighted by atomic mass is 10.1. The number of ketones is 1. The molecule has 0 saturated heterocycles. The molecular formula is C14H17NO2. The van der Waals surface area contributed by atoms with E-state index in [0.29, 0.717) is 12.2 Å². The third-order valence-corrected chi connectivity index (χ3v) is 2.76. The lowest BCUT2D eigenvalue weighted by Crippen LogP contribution is -2.14. The second-order valence-corrected chi connectivity index (χ2v) is 4.44. The molecule has 2 N–H and O–H groups in total. The zero-order valence-corrected chi connectivity index (χ0v) is 9.98. The number of Topliss-reactive ketones (excluding diaryl/α,β-unsaturated/α-hetero) is 1. The van der Waals surface area contributed by atoms with Crippen molar-refractivity contribution in [3.05, 3.63) is 36.1 Å². The topological polar surface area (TPSA) is 56.2 Å². The summed E-state index contributed by atoms with van der Waals surface area (Å²) in [5.74, 6) is 0.512. The molecule has 0 amide bonds. The van der Waals surface area contributed by atoms with Gasteiger partial charge in [-0.25, -0.2) is 0 Å². The van der Waals surface area contributed by atoms with Crippen LogP contribution < -0.4 is 5.73 Å². The minimum Gasteiger partial charge on any atom is -0.453 e. The average Bonchev–Trinajstić information content (AvgIpc) is 2.71. The van der Waals surface area contributed by atoms with Gasteiger partial charge in [-0.1, -0.05) is 18.2 Å². The van der Waals surface area contributed by atoms with Gasteiger partial charge >= 0.3 is 0 Å². The number of fused-ring (bicyclic) bond motifs is 1. The van der Waals surface area contributed by atoms with Crippen molar-refractivity contribution in [1.29, 1.82) is 0 Å². The molecule has 0 bridgehead atoms. The summed E-state index contributed by atoms with van der Waals surface area (Å²) >= 11 is 0. The van der Waals surface area contributed by atoms with Gasteiger partial charge in [0.15, 0.2) is 11.5 Å².